The van der Waals surface area contributed by atoms with Gasteiger partial charge in [-0.1, -0.05) is 0 Å². The lowest BCUT2D eigenvalue weighted by Gasteiger charge is -2.24. The number of pyridine rings is 1. The van der Waals surface area contributed by atoms with Crippen molar-refractivity contribution in [1.82, 2.24) is 4.98 Å². The first kappa shape index (κ1) is 16.1. The van der Waals surface area contributed by atoms with Crippen LogP contribution in [0, 0.1) is 0 Å². The van der Waals surface area contributed by atoms with E-state index in [9.17, 15) is 13.6 Å². The van der Waals surface area contributed by atoms with Gasteiger partial charge in [-0.2, -0.15) is 0 Å². The van der Waals surface area contributed by atoms with Crippen molar-refractivity contribution in [2.24, 2.45) is 0 Å². The largest absolute Gasteiger partial charge is 0.462 e. The lowest BCUT2D eigenvalue weighted by molar-refractivity contribution is 0.0526. The second kappa shape index (κ2) is 7.59. The molecule has 1 heterocycles. The van der Waals surface area contributed by atoms with Crippen LogP contribution in [-0.4, -0.2) is 48.8 Å². The summed E-state index contributed by atoms with van der Waals surface area (Å²) in [5.74, 6) is -0.675. The molecule has 0 saturated heterocycles. The second-order valence-corrected chi connectivity index (χ2v) is 3.92. The van der Waals surface area contributed by atoms with Gasteiger partial charge in [0, 0.05) is 6.54 Å². The van der Waals surface area contributed by atoms with Gasteiger partial charge in [0.1, 0.15) is 11.4 Å². The third-order valence-corrected chi connectivity index (χ3v) is 2.41. The van der Waals surface area contributed by atoms with E-state index in [-0.39, 0.29) is 36.8 Å². The number of halogens is 2. The molecule has 3 N–H and O–H groups in total. The number of carbonyl (C=O) groups is 1. The van der Waals surface area contributed by atoms with E-state index in [4.69, 9.17) is 15.6 Å². The van der Waals surface area contributed by atoms with Crippen molar-refractivity contribution in [2.45, 2.75) is 13.3 Å². The maximum absolute atomic E-state index is 12.6. The maximum atomic E-state index is 12.6. The highest BCUT2D eigenvalue weighted by Gasteiger charge is 2.21. The SMILES string of the molecule is CCOC(=O)c1cc(N)cnc1N(CCO)CC(F)F. The molecule has 0 atom stereocenters. The summed E-state index contributed by atoms with van der Waals surface area (Å²) in [5, 5.41) is 8.94. The number of hydrogen-bond acceptors (Lipinski definition) is 6. The Labute approximate surface area is 115 Å². The van der Waals surface area contributed by atoms with Gasteiger partial charge in [-0.3, -0.25) is 0 Å². The van der Waals surface area contributed by atoms with Crippen LogP contribution in [0.4, 0.5) is 20.3 Å². The molecule has 0 bridgehead atoms. The van der Waals surface area contributed by atoms with Crippen LogP contribution in [0.2, 0.25) is 0 Å². The first-order valence-corrected chi connectivity index (χ1v) is 6.06. The van der Waals surface area contributed by atoms with Crippen molar-refractivity contribution in [3.05, 3.63) is 17.8 Å². The Morgan fingerprint density at radius 1 is 1.60 bits per heavy atom. The number of rotatable bonds is 7. The summed E-state index contributed by atoms with van der Waals surface area (Å²) in [5.41, 5.74) is 5.77. The van der Waals surface area contributed by atoms with Crippen molar-refractivity contribution in [3.8, 4) is 0 Å². The molecule has 1 aromatic rings. The number of nitrogens with zero attached hydrogens (tertiary/aromatic N) is 2. The van der Waals surface area contributed by atoms with Gasteiger partial charge < -0.3 is 20.5 Å². The quantitative estimate of drug-likeness (QED) is 0.725. The molecule has 0 aromatic carbocycles. The lowest BCUT2D eigenvalue weighted by Crippen LogP contribution is -2.33. The minimum Gasteiger partial charge on any atom is -0.462 e. The van der Waals surface area contributed by atoms with Gasteiger partial charge >= 0.3 is 5.97 Å². The van der Waals surface area contributed by atoms with Crippen LogP contribution in [0.1, 0.15) is 17.3 Å². The van der Waals surface area contributed by atoms with E-state index >= 15 is 0 Å². The molecule has 0 radical (unpaired) electrons. The molecule has 0 aliphatic carbocycles. The third kappa shape index (κ3) is 4.30. The molecule has 8 heteroatoms. The van der Waals surface area contributed by atoms with Crippen LogP contribution in [-0.2, 0) is 4.74 Å². The minimum atomic E-state index is -2.63. The summed E-state index contributed by atoms with van der Waals surface area (Å²) in [6, 6.07) is 1.32. The standard InChI is InChI=1S/C12H17F2N3O3/c1-2-20-12(19)9-5-8(15)6-16-11(9)17(3-4-18)7-10(13)14/h5-6,10,18H,2-4,7,15H2,1H3. The number of aromatic nitrogens is 1. The molecule has 1 aromatic heterocycles. The molecule has 1 rings (SSSR count). The summed E-state index contributed by atoms with van der Waals surface area (Å²) in [4.78, 5) is 16.8. The fourth-order valence-corrected chi connectivity index (χ4v) is 1.66. The Balaban J connectivity index is 3.15. The molecule has 0 unspecified atom stereocenters. The van der Waals surface area contributed by atoms with E-state index in [0.29, 0.717) is 0 Å². The topological polar surface area (TPSA) is 88.7 Å². The van der Waals surface area contributed by atoms with Gasteiger partial charge in [-0.25, -0.2) is 18.6 Å². The highest BCUT2D eigenvalue weighted by Crippen LogP contribution is 2.21. The van der Waals surface area contributed by atoms with Crippen LogP contribution in [0.25, 0.3) is 0 Å². The average molecular weight is 289 g/mol. The second-order valence-electron chi connectivity index (χ2n) is 3.92. The summed E-state index contributed by atoms with van der Waals surface area (Å²) in [6.07, 6.45) is -1.37. The molecule has 112 valence electrons. The molecular formula is C12H17F2N3O3. The Kier molecular flexibility index (Phi) is 6.10. The smallest absolute Gasteiger partial charge is 0.341 e. The van der Waals surface area contributed by atoms with E-state index in [0.717, 1.165) is 4.90 Å². The van der Waals surface area contributed by atoms with Crippen LogP contribution >= 0.6 is 0 Å². The molecule has 20 heavy (non-hydrogen) atoms. The van der Waals surface area contributed by atoms with Crippen LogP contribution in [0.15, 0.2) is 12.3 Å². The van der Waals surface area contributed by atoms with Crippen molar-refractivity contribution >= 4 is 17.5 Å². The Morgan fingerprint density at radius 2 is 2.30 bits per heavy atom. The van der Waals surface area contributed by atoms with Crippen molar-refractivity contribution in [3.63, 3.8) is 0 Å². The van der Waals surface area contributed by atoms with Crippen LogP contribution < -0.4 is 10.6 Å². The normalized spacial score (nSPS) is 10.7. The summed E-state index contributed by atoms with van der Waals surface area (Å²) >= 11 is 0. The number of aliphatic hydroxyl groups excluding tert-OH is 1. The van der Waals surface area contributed by atoms with Crippen LogP contribution in [0.3, 0.4) is 0 Å². The number of carbonyl (C=O) groups excluding carboxylic acids is 1. The predicted octanol–water partition coefficient (Wildman–Crippen LogP) is 0.904. The maximum Gasteiger partial charge on any atom is 0.341 e. The number of aliphatic hydroxyl groups is 1. The van der Waals surface area contributed by atoms with Crippen molar-refractivity contribution in [2.75, 3.05) is 36.9 Å². The molecule has 0 aliphatic heterocycles. The molecule has 0 saturated carbocycles. The van der Waals surface area contributed by atoms with E-state index in [1.807, 2.05) is 0 Å². The number of nitrogens with two attached hydrogens (primary N) is 1. The highest BCUT2D eigenvalue weighted by atomic mass is 19.3. The first-order chi connectivity index (χ1) is 9.49. The summed E-state index contributed by atoms with van der Waals surface area (Å²) < 4.78 is 30.0. The highest BCUT2D eigenvalue weighted by molar-refractivity contribution is 5.95. The van der Waals surface area contributed by atoms with E-state index < -0.39 is 18.9 Å². The number of anilines is 2. The molecule has 0 spiro atoms. The molecule has 6 nitrogen and oxygen atoms in total. The van der Waals surface area contributed by atoms with Gasteiger partial charge in [0.2, 0.25) is 0 Å². The van der Waals surface area contributed by atoms with Gasteiger partial charge in [-0.15, -0.1) is 0 Å². The van der Waals surface area contributed by atoms with E-state index in [2.05, 4.69) is 4.98 Å². The molecule has 0 amide bonds. The minimum absolute atomic E-state index is 0.000880. The zero-order valence-corrected chi connectivity index (χ0v) is 11.1. The van der Waals surface area contributed by atoms with Gasteiger partial charge in [0.15, 0.2) is 0 Å². The molecular weight excluding hydrogens is 272 g/mol. The fourth-order valence-electron chi connectivity index (χ4n) is 1.66. The Hall–Kier alpha value is -1.96. The zero-order valence-electron chi connectivity index (χ0n) is 11.1. The number of alkyl halides is 2. The third-order valence-electron chi connectivity index (χ3n) is 2.41. The van der Waals surface area contributed by atoms with Crippen molar-refractivity contribution < 1.29 is 23.4 Å². The number of esters is 1. The summed E-state index contributed by atoms with van der Waals surface area (Å²) in [7, 11) is 0. The molecule has 0 aliphatic rings. The first-order valence-electron chi connectivity index (χ1n) is 6.06. The van der Waals surface area contributed by atoms with Gasteiger partial charge in [0.25, 0.3) is 6.43 Å². The average Bonchev–Trinajstić information content (AvgIpc) is 2.38. The van der Waals surface area contributed by atoms with Crippen LogP contribution in [0.5, 0.6) is 0 Å². The lowest BCUT2D eigenvalue weighted by atomic mass is 10.2. The summed E-state index contributed by atoms with van der Waals surface area (Å²) in [6.45, 7) is 0.697. The van der Waals surface area contributed by atoms with Gasteiger partial charge in [-0.05, 0) is 13.0 Å². The fraction of sp³-hybridized carbons (Fsp3) is 0.500. The van der Waals surface area contributed by atoms with Gasteiger partial charge in [0.05, 0.1) is 31.6 Å². The van der Waals surface area contributed by atoms with E-state index in [1.54, 1.807) is 6.92 Å². The Morgan fingerprint density at radius 3 is 2.85 bits per heavy atom. The number of nitrogen functional groups attached to an aromatic ring is 1. The monoisotopic (exact) mass is 289 g/mol. The van der Waals surface area contributed by atoms with E-state index in [1.165, 1.54) is 12.3 Å². The number of ether oxygens (including phenoxy) is 1. The zero-order chi connectivity index (χ0) is 15.1. The Bertz CT molecular complexity index is 458. The van der Waals surface area contributed by atoms with Crippen molar-refractivity contribution in [1.29, 1.82) is 0 Å². The number of hydrogen-bond donors (Lipinski definition) is 2. The molecule has 0 fully saturated rings. The predicted molar refractivity (Wildman–Crippen MR) is 69.9 cm³/mol.